The summed E-state index contributed by atoms with van der Waals surface area (Å²) in [6.45, 7) is 0. The van der Waals surface area contributed by atoms with Crippen LogP contribution >= 0.6 is 11.6 Å². The van der Waals surface area contributed by atoms with Gasteiger partial charge in [0, 0.05) is 20.8 Å². The molecule has 4 heteroatoms. The molecule has 0 aliphatic heterocycles. The molecule has 3 aromatic rings. The fourth-order valence-electron chi connectivity index (χ4n) is 2.57. The SMILES string of the molecule is Fc1ccc(-c2c([SiH3])ccc(Cl)c2-c2ccc(F)cc2)cc1. The van der Waals surface area contributed by atoms with Crippen LogP contribution in [0.1, 0.15) is 0 Å². The highest BCUT2D eigenvalue weighted by atomic mass is 35.5. The van der Waals surface area contributed by atoms with E-state index in [1.54, 1.807) is 24.3 Å². The molecule has 3 rings (SSSR count). The molecule has 110 valence electrons. The Labute approximate surface area is 135 Å². The van der Waals surface area contributed by atoms with Gasteiger partial charge in [-0.2, -0.15) is 0 Å². The lowest BCUT2D eigenvalue weighted by Gasteiger charge is -2.15. The minimum absolute atomic E-state index is 0.274. The van der Waals surface area contributed by atoms with Gasteiger partial charge in [0.05, 0.1) is 0 Å². The van der Waals surface area contributed by atoms with Gasteiger partial charge >= 0.3 is 0 Å². The zero-order valence-electron chi connectivity index (χ0n) is 11.9. The Hall–Kier alpha value is -1.97. The molecule has 0 saturated heterocycles. The van der Waals surface area contributed by atoms with Gasteiger partial charge in [-0.25, -0.2) is 8.78 Å². The smallest absolute Gasteiger partial charge is 0.123 e. The van der Waals surface area contributed by atoms with E-state index in [4.69, 9.17) is 11.6 Å². The summed E-state index contributed by atoms with van der Waals surface area (Å²) in [4.78, 5) is 0. The van der Waals surface area contributed by atoms with Gasteiger partial charge in [0.1, 0.15) is 11.6 Å². The van der Waals surface area contributed by atoms with Crippen molar-refractivity contribution in [3.05, 3.63) is 77.3 Å². The van der Waals surface area contributed by atoms with Gasteiger partial charge in [-0.3, -0.25) is 0 Å². The summed E-state index contributed by atoms with van der Waals surface area (Å²) in [5.41, 5.74) is 3.61. The van der Waals surface area contributed by atoms with Crippen molar-refractivity contribution in [3.63, 3.8) is 0 Å². The summed E-state index contributed by atoms with van der Waals surface area (Å²) < 4.78 is 26.4. The second-order valence-corrected chi connectivity index (χ2v) is 6.61. The van der Waals surface area contributed by atoms with E-state index in [1.165, 1.54) is 24.3 Å². The van der Waals surface area contributed by atoms with Gasteiger partial charge in [0.15, 0.2) is 0 Å². The largest absolute Gasteiger partial charge is 0.207 e. The maximum absolute atomic E-state index is 13.2. The maximum atomic E-state index is 13.2. The monoisotopic (exact) mass is 330 g/mol. The Bertz CT molecular complexity index is 741. The molecule has 3 aromatic carbocycles. The Balaban J connectivity index is 2.27. The van der Waals surface area contributed by atoms with E-state index in [9.17, 15) is 8.78 Å². The third-order valence-corrected chi connectivity index (χ3v) is 4.78. The fourth-order valence-corrected chi connectivity index (χ4v) is 3.54. The molecule has 0 aromatic heterocycles. The van der Waals surface area contributed by atoms with Crippen LogP contribution in [0.25, 0.3) is 22.3 Å². The molecule has 0 spiro atoms. The van der Waals surface area contributed by atoms with Crippen molar-refractivity contribution < 1.29 is 8.78 Å². The van der Waals surface area contributed by atoms with Crippen molar-refractivity contribution in [1.29, 1.82) is 0 Å². The standard InChI is InChI=1S/C18H13ClF2Si/c19-15-9-10-16(22)18(12-3-7-14(21)8-4-12)17(15)11-1-5-13(20)6-2-11/h1-10H,22H3. The van der Waals surface area contributed by atoms with Crippen LogP contribution in [0.15, 0.2) is 60.7 Å². The summed E-state index contributed by atoms with van der Waals surface area (Å²) in [6.07, 6.45) is 0. The fraction of sp³-hybridized carbons (Fsp3) is 0. The molecule has 0 aliphatic carbocycles. The van der Waals surface area contributed by atoms with Crippen LogP contribution in [0, 0.1) is 11.6 Å². The lowest BCUT2D eigenvalue weighted by molar-refractivity contribution is 0.627. The second kappa shape index (κ2) is 6.03. The highest BCUT2D eigenvalue weighted by molar-refractivity contribution is 6.40. The summed E-state index contributed by atoms with van der Waals surface area (Å²) in [5.74, 6) is -0.561. The lowest BCUT2D eigenvalue weighted by Crippen LogP contribution is -2.08. The molecule has 0 atom stereocenters. The van der Waals surface area contributed by atoms with Crippen molar-refractivity contribution in [2.45, 2.75) is 0 Å². The highest BCUT2D eigenvalue weighted by Gasteiger charge is 2.14. The van der Waals surface area contributed by atoms with Crippen LogP contribution in [0.5, 0.6) is 0 Å². The molecule has 0 fully saturated rings. The van der Waals surface area contributed by atoms with Gasteiger partial charge in [-0.1, -0.05) is 47.1 Å². The van der Waals surface area contributed by atoms with Crippen LogP contribution in [0.3, 0.4) is 0 Å². The molecule has 0 aliphatic rings. The number of hydrogen-bond acceptors (Lipinski definition) is 0. The average molecular weight is 331 g/mol. The topological polar surface area (TPSA) is 0 Å². The van der Waals surface area contributed by atoms with E-state index in [1.807, 2.05) is 12.1 Å². The molecular formula is C18H13ClF2Si. The Morgan fingerprint density at radius 1 is 0.636 bits per heavy atom. The zero-order valence-corrected chi connectivity index (χ0v) is 14.7. The van der Waals surface area contributed by atoms with Gasteiger partial charge in [-0.05, 0) is 47.0 Å². The van der Waals surface area contributed by atoms with Gasteiger partial charge in [0.2, 0.25) is 0 Å². The van der Waals surface area contributed by atoms with E-state index in [0.29, 0.717) is 5.02 Å². The van der Waals surface area contributed by atoms with Gasteiger partial charge in [0.25, 0.3) is 0 Å². The minimum atomic E-state index is -0.287. The molecule has 0 heterocycles. The summed E-state index contributed by atoms with van der Waals surface area (Å²) in [7, 11) is 0.828. The molecule has 0 radical (unpaired) electrons. The van der Waals surface area contributed by atoms with Crippen molar-refractivity contribution in [1.82, 2.24) is 0 Å². The third-order valence-electron chi connectivity index (χ3n) is 3.63. The number of rotatable bonds is 2. The highest BCUT2D eigenvalue weighted by Crippen LogP contribution is 2.36. The summed E-state index contributed by atoms with van der Waals surface area (Å²) in [5, 5.41) is 1.76. The average Bonchev–Trinajstić information content (AvgIpc) is 2.51. The first kappa shape index (κ1) is 14.9. The van der Waals surface area contributed by atoms with Crippen molar-refractivity contribution in [2.24, 2.45) is 0 Å². The first-order chi connectivity index (χ1) is 10.6. The Morgan fingerprint density at radius 3 is 1.59 bits per heavy atom. The minimum Gasteiger partial charge on any atom is -0.207 e. The molecule has 0 saturated carbocycles. The zero-order chi connectivity index (χ0) is 15.7. The Kier molecular flexibility index (Phi) is 4.09. The predicted molar refractivity (Wildman–Crippen MR) is 91.8 cm³/mol. The van der Waals surface area contributed by atoms with E-state index < -0.39 is 0 Å². The van der Waals surface area contributed by atoms with Crippen LogP contribution in [-0.2, 0) is 0 Å². The van der Waals surface area contributed by atoms with Crippen LogP contribution in [0.4, 0.5) is 8.78 Å². The van der Waals surface area contributed by atoms with Crippen molar-refractivity contribution in [3.8, 4) is 22.3 Å². The van der Waals surface area contributed by atoms with Gasteiger partial charge in [-0.15, -0.1) is 0 Å². The maximum Gasteiger partial charge on any atom is 0.123 e. The van der Waals surface area contributed by atoms with E-state index in [2.05, 4.69) is 0 Å². The number of halogens is 3. The first-order valence-electron chi connectivity index (χ1n) is 6.87. The molecule has 0 amide bonds. The van der Waals surface area contributed by atoms with Crippen LogP contribution in [-0.4, -0.2) is 10.2 Å². The Morgan fingerprint density at radius 2 is 1.09 bits per heavy atom. The normalized spacial score (nSPS) is 10.9. The molecule has 0 bridgehead atoms. The summed E-state index contributed by atoms with van der Waals surface area (Å²) in [6, 6.07) is 16.5. The van der Waals surface area contributed by atoms with E-state index >= 15 is 0 Å². The third kappa shape index (κ3) is 2.82. The first-order valence-corrected chi connectivity index (χ1v) is 8.25. The molecule has 22 heavy (non-hydrogen) atoms. The van der Waals surface area contributed by atoms with Crippen LogP contribution in [0.2, 0.25) is 5.02 Å². The van der Waals surface area contributed by atoms with Gasteiger partial charge < -0.3 is 0 Å². The lowest BCUT2D eigenvalue weighted by atomic mass is 9.94. The van der Waals surface area contributed by atoms with Crippen molar-refractivity contribution in [2.75, 3.05) is 0 Å². The molecule has 0 unspecified atom stereocenters. The predicted octanol–water partition coefficient (Wildman–Crippen LogP) is 3.94. The summed E-state index contributed by atoms with van der Waals surface area (Å²) >= 11 is 6.40. The molecular weight excluding hydrogens is 318 g/mol. The van der Waals surface area contributed by atoms with E-state index in [0.717, 1.165) is 37.7 Å². The van der Waals surface area contributed by atoms with E-state index in [-0.39, 0.29) is 11.6 Å². The number of hydrogen-bond donors (Lipinski definition) is 0. The second-order valence-electron chi connectivity index (χ2n) is 5.13. The number of benzene rings is 3. The molecule has 0 nitrogen and oxygen atoms in total. The van der Waals surface area contributed by atoms with Crippen LogP contribution < -0.4 is 5.19 Å². The molecule has 0 N–H and O–H groups in total. The van der Waals surface area contributed by atoms with Crippen molar-refractivity contribution >= 4 is 27.0 Å². The quantitative estimate of drug-likeness (QED) is 0.624.